The number of hydrogen-bond donors (Lipinski definition) is 1. The summed E-state index contributed by atoms with van der Waals surface area (Å²) in [5.41, 5.74) is 1.41. The summed E-state index contributed by atoms with van der Waals surface area (Å²) in [6.07, 6.45) is 1.02. The average Bonchev–Trinajstić information content (AvgIpc) is 2.32. The van der Waals surface area contributed by atoms with Crippen LogP contribution in [0.15, 0.2) is 28.7 Å². The lowest BCUT2D eigenvalue weighted by atomic mass is 9.94. The van der Waals surface area contributed by atoms with Gasteiger partial charge in [-0.1, -0.05) is 34.1 Å². The highest BCUT2D eigenvalue weighted by Gasteiger charge is 2.19. The van der Waals surface area contributed by atoms with Crippen molar-refractivity contribution in [2.75, 3.05) is 13.2 Å². The lowest BCUT2D eigenvalue weighted by Crippen LogP contribution is -2.39. The van der Waals surface area contributed by atoms with Crippen LogP contribution in [0.25, 0.3) is 0 Å². The zero-order valence-electron chi connectivity index (χ0n) is 14.3. The highest BCUT2D eigenvalue weighted by molar-refractivity contribution is 9.10. The lowest BCUT2D eigenvalue weighted by molar-refractivity contribution is -0.00640. The van der Waals surface area contributed by atoms with E-state index in [0.717, 1.165) is 19.6 Å². The van der Waals surface area contributed by atoms with E-state index in [-0.39, 0.29) is 11.1 Å². The van der Waals surface area contributed by atoms with Crippen molar-refractivity contribution in [3.8, 4) is 0 Å². The number of ether oxygens (including phenoxy) is 1. The maximum absolute atomic E-state index is 5.91. The number of halogens is 1. The standard InChI is InChI=1S/C18H30BrNO/c1-17(2,3)20-13-14(11-12-21-18(4,5)6)15-9-7-8-10-16(15)19/h7-10,14,20H,11-13H2,1-6H3. The first-order valence-electron chi connectivity index (χ1n) is 7.72. The Kier molecular flexibility index (Phi) is 6.89. The molecule has 0 bridgehead atoms. The monoisotopic (exact) mass is 355 g/mol. The molecular weight excluding hydrogens is 326 g/mol. The Morgan fingerprint density at radius 3 is 2.24 bits per heavy atom. The summed E-state index contributed by atoms with van der Waals surface area (Å²) in [5.74, 6) is 0.446. The SMILES string of the molecule is CC(C)(C)NCC(CCOC(C)(C)C)c1ccccc1Br. The van der Waals surface area contributed by atoms with Crippen LogP contribution in [0.3, 0.4) is 0 Å². The lowest BCUT2D eigenvalue weighted by Gasteiger charge is -2.27. The van der Waals surface area contributed by atoms with E-state index in [1.807, 2.05) is 0 Å². The van der Waals surface area contributed by atoms with Crippen LogP contribution in [0.5, 0.6) is 0 Å². The van der Waals surface area contributed by atoms with Crippen LogP contribution < -0.4 is 5.32 Å². The summed E-state index contributed by atoms with van der Waals surface area (Å²) in [4.78, 5) is 0. The molecule has 2 nitrogen and oxygen atoms in total. The molecule has 0 aromatic heterocycles. The fourth-order valence-electron chi connectivity index (χ4n) is 2.11. The third-order valence-corrected chi connectivity index (χ3v) is 3.95. The summed E-state index contributed by atoms with van der Waals surface area (Å²) in [6.45, 7) is 14.7. The fourth-order valence-corrected chi connectivity index (χ4v) is 2.72. The van der Waals surface area contributed by atoms with Gasteiger partial charge in [0.25, 0.3) is 0 Å². The molecule has 1 aromatic rings. The summed E-state index contributed by atoms with van der Waals surface area (Å²) < 4.78 is 7.09. The first-order chi connectivity index (χ1) is 9.58. The summed E-state index contributed by atoms with van der Waals surface area (Å²) in [7, 11) is 0. The van der Waals surface area contributed by atoms with Gasteiger partial charge in [0.15, 0.2) is 0 Å². The molecule has 0 aliphatic heterocycles. The molecule has 3 heteroatoms. The first kappa shape index (κ1) is 18.7. The van der Waals surface area contributed by atoms with Gasteiger partial charge in [-0.15, -0.1) is 0 Å². The molecule has 1 atom stereocenters. The maximum Gasteiger partial charge on any atom is 0.0598 e. The Bertz CT molecular complexity index is 432. The molecule has 120 valence electrons. The van der Waals surface area contributed by atoms with Crippen molar-refractivity contribution in [3.63, 3.8) is 0 Å². The van der Waals surface area contributed by atoms with Crippen molar-refractivity contribution in [1.82, 2.24) is 5.32 Å². The minimum absolute atomic E-state index is 0.0735. The van der Waals surface area contributed by atoms with Gasteiger partial charge in [0.1, 0.15) is 0 Å². The van der Waals surface area contributed by atoms with Crippen LogP contribution in [0, 0.1) is 0 Å². The Morgan fingerprint density at radius 2 is 1.71 bits per heavy atom. The summed E-state index contributed by atoms with van der Waals surface area (Å²) >= 11 is 3.68. The molecule has 1 rings (SSSR count). The van der Waals surface area contributed by atoms with Crippen molar-refractivity contribution in [2.24, 2.45) is 0 Å². The highest BCUT2D eigenvalue weighted by Crippen LogP contribution is 2.28. The second-order valence-corrected chi connectivity index (χ2v) is 8.45. The van der Waals surface area contributed by atoms with Crippen molar-refractivity contribution in [1.29, 1.82) is 0 Å². The Hall–Kier alpha value is -0.380. The van der Waals surface area contributed by atoms with E-state index in [2.05, 4.69) is 87.1 Å². The van der Waals surface area contributed by atoms with Crippen LogP contribution in [0.1, 0.15) is 59.4 Å². The second-order valence-electron chi connectivity index (χ2n) is 7.60. The molecule has 0 aliphatic carbocycles. The topological polar surface area (TPSA) is 21.3 Å². The largest absolute Gasteiger partial charge is 0.376 e. The van der Waals surface area contributed by atoms with E-state index >= 15 is 0 Å². The van der Waals surface area contributed by atoms with Gasteiger partial charge in [0.2, 0.25) is 0 Å². The third kappa shape index (κ3) is 7.98. The van der Waals surface area contributed by atoms with Gasteiger partial charge in [-0.05, 0) is 65.5 Å². The summed E-state index contributed by atoms with van der Waals surface area (Å²) in [6, 6.07) is 8.49. The zero-order chi connectivity index (χ0) is 16.1. The molecule has 1 unspecified atom stereocenters. The third-order valence-electron chi connectivity index (χ3n) is 3.23. The number of rotatable bonds is 6. The van der Waals surface area contributed by atoms with E-state index in [1.54, 1.807) is 0 Å². The maximum atomic E-state index is 5.91. The number of hydrogen-bond acceptors (Lipinski definition) is 2. The Balaban J connectivity index is 2.73. The molecule has 0 amide bonds. The Morgan fingerprint density at radius 1 is 1.10 bits per heavy atom. The number of benzene rings is 1. The second kappa shape index (κ2) is 7.75. The van der Waals surface area contributed by atoms with E-state index in [4.69, 9.17) is 4.74 Å². The minimum Gasteiger partial charge on any atom is -0.376 e. The Labute approximate surface area is 138 Å². The first-order valence-corrected chi connectivity index (χ1v) is 8.51. The predicted molar refractivity (Wildman–Crippen MR) is 95.0 cm³/mol. The average molecular weight is 356 g/mol. The van der Waals surface area contributed by atoms with Gasteiger partial charge in [-0.25, -0.2) is 0 Å². The van der Waals surface area contributed by atoms with Gasteiger partial charge in [0, 0.05) is 23.2 Å². The van der Waals surface area contributed by atoms with Gasteiger partial charge >= 0.3 is 0 Å². The van der Waals surface area contributed by atoms with E-state index in [9.17, 15) is 0 Å². The van der Waals surface area contributed by atoms with Crippen molar-refractivity contribution < 1.29 is 4.74 Å². The molecule has 21 heavy (non-hydrogen) atoms. The van der Waals surface area contributed by atoms with Crippen molar-refractivity contribution >= 4 is 15.9 Å². The van der Waals surface area contributed by atoms with E-state index in [0.29, 0.717) is 5.92 Å². The summed E-state index contributed by atoms with van der Waals surface area (Å²) in [5, 5.41) is 3.62. The fraction of sp³-hybridized carbons (Fsp3) is 0.667. The van der Waals surface area contributed by atoms with Crippen molar-refractivity contribution in [3.05, 3.63) is 34.3 Å². The van der Waals surface area contributed by atoms with Gasteiger partial charge in [0.05, 0.1) is 5.60 Å². The van der Waals surface area contributed by atoms with Gasteiger partial charge < -0.3 is 10.1 Å². The van der Waals surface area contributed by atoms with Crippen molar-refractivity contribution in [2.45, 2.75) is 65.0 Å². The predicted octanol–water partition coefficient (Wildman–Crippen LogP) is 5.13. The molecule has 0 heterocycles. The van der Waals surface area contributed by atoms with Gasteiger partial charge in [-0.3, -0.25) is 0 Å². The molecule has 0 radical (unpaired) electrons. The van der Waals surface area contributed by atoms with Crippen LogP contribution in [0.2, 0.25) is 0 Å². The molecule has 0 saturated carbocycles. The quantitative estimate of drug-likeness (QED) is 0.763. The smallest absolute Gasteiger partial charge is 0.0598 e. The van der Waals surface area contributed by atoms with Crippen LogP contribution >= 0.6 is 15.9 Å². The van der Waals surface area contributed by atoms with Crippen LogP contribution in [0.4, 0.5) is 0 Å². The molecular formula is C18H30BrNO. The van der Waals surface area contributed by atoms with Crippen LogP contribution in [-0.4, -0.2) is 24.3 Å². The van der Waals surface area contributed by atoms with E-state index < -0.39 is 0 Å². The normalized spacial score (nSPS) is 14.2. The van der Waals surface area contributed by atoms with Crippen LogP contribution in [-0.2, 0) is 4.74 Å². The zero-order valence-corrected chi connectivity index (χ0v) is 15.9. The molecule has 0 fully saturated rings. The molecule has 0 saturated heterocycles. The molecule has 0 aliphatic rings. The molecule has 0 spiro atoms. The molecule has 1 aromatic carbocycles. The van der Waals surface area contributed by atoms with Gasteiger partial charge in [-0.2, -0.15) is 0 Å². The highest BCUT2D eigenvalue weighted by atomic mass is 79.9. The minimum atomic E-state index is -0.0735. The number of nitrogens with one attached hydrogen (secondary N) is 1. The molecule has 1 N–H and O–H groups in total. The van der Waals surface area contributed by atoms with E-state index in [1.165, 1.54) is 10.0 Å².